The Bertz CT molecular complexity index is 653. The van der Waals surface area contributed by atoms with Crippen molar-refractivity contribution in [3.05, 3.63) is 51.3 Å². The molecule has 5 nitrogen and oxygen atoms in total. The summed E-state index contributed by atoms with van der Waals surface area (Å²) in [6.07, 6.45) is 0. The maximum Gasteiger partial charge on any atom is 0.335 e. The fourth-order valence-electron chi connectivity index (χ4n) is 1.41. The number of anilines is 1. The standard InChI is InChI=1S/C12H7BrClNO4/c13-10-2-1-9(19-10)11(16)15-8-4-6(12(17)18)3-7(14)5-8/h1-5H,(H,15,16)(H,17,18). The third-order valence-electron chi connectivity index (χ3n) is 2.20. The van der Waals surface area contributed by atoms with Crippen LogP contribution in [-0.2, 0) is 0 Å². The average molecular weight is 345 g/mol. The molecule has 0 aliphatic rings. The Hall–Kier alpha value is -1.79. The van der Waals surface area contributed by atoms with Gasteiger partial charge in [-0.15, -0.1) is 0 Å². The van der Waals surface area contributed by atoms with Gasteiger partial charge in [-0.2, -0.15) is 0 Å². The van der Waals surface area contributed by atoms with E-state index >= 15 is 0 Å². The van der Waals surface area contributed by atoms with Gasteiger partial charge in [0.25, 0.3) is 5.91 Å². The molecule has 98 valence electrons. The molecule has 1 aromatic carbocycles. The van der Waals surface area contributed by atoms with E-state index in [0.29, 0.717) is 4.67 Å². The molecule has 0 aliphatic heterocycles. The minimum atomic E-state index is -1.13. The number of halogens is 2. The van der Waals surface area contributed by atoms with Crippen LogP contribution in [0.2, 0.25) is 5.02 Å². The van der Waals surface area contributed by atoms with Gasteiger partial charge in [-0.1, -0.05) is 11.6 Å². The minimum absolute atomic E-state index is 0.0107. The van der Waals surface area contributed by atoms with Crippen molar-refractivity contribution in [3.63, 3.8) is 0 Å². The molecular weight excluding hydrogens is 337 g/mol. The van der Waals surface area contributed by atoms with Crippen molar-refractivity contribution in [2.75, 3.05) is 5.32 Å². The zero-order valence-electron chi connectivity index (χ0n) is 9.31. The van der Waals surface area contributed by atoms with E-state index < -0.39 is 11.9 Å². The first kappa shape index (κ1) is 13.6. The van der Waals surface area contributed by atoms with Crippen molar-refractivity contribution in [1.82, 2.24) is 0 Å². The molecule has 7 heteroatoms. The van der Waals surface area contributed by atoms with Crippen LogP contribution < -0.4 is 5.32 Å². The van der Waals surface area contributed by atoms with E-state index in [1.54, 1.807) is 6.07 Å². The number of furan rings is 1. The molecule has 0 atom stereocenters. The normalized spacial score (nSPS) is 10.2. The number of rotatable bonds is 3. The van der Waals surface area contributed by atoms with Gasteiger partial charge in [0, 0.05) is 10.7 Å². The predicted octanol–water partition coefficient (Wildman–Crippen LogP) is 3.65. The number of amides is 1. The van der Waals surface area contributed by atoms with Crippen molar-refractivity contribution in [1.29, 1.82) is 0 Å². The molecule has 0 saturated carbocycles. The van der Waals surface area contributed by atoms with Gasteiger partial charge in [0.1, 0.15) is 0 Å². The molecule has 0 bridgehead atoms. The summed E-state index contributed by atoms with van der Waals surface area (Å²) in [5, 5.41) is 11.6. The Morgan fingerprint density at radius 2 is 2.00 bits per heavy atom. The van der Waals surface area contributed by atoms with Crippen molar-refractivity contribution in [3.8, 4) is 0 Å². The second-order valence-electron chi connectivity index (χ2n) is 3.59. The van der Waals surface area contributed by atoms with Crippen LogP contribution in [0.1, 0.15) is 20.9 Å². The van der Waals surface area contributed by atoms with Gasteiger partial charge in [-0.05, 0) is 46.3 Å². The highest BCUT2D eigenvalue weighted by Gasteiger charge is 2.12. The number of benzene rings is 1. The molecule has 0 fully saturated rings. The van der Waals surface area contributed by atoms with E-state index in [0.717, 1.165) is 0 Å². The first-order chi connectivity index (χ1) is 8.95. The van der Waals surface area contributed by atoms with Crippen LogP contribution in [-0.4, -0.2) is 17.0 Å². The first-order valence-corrected chi connectivity index (χ1v) is 6.23. The molecule has 2 rings (SSSR count). The monoisotopic (exact) mass is 343 g/mol. The third-order valence-corrected chi connectivity index (χ3v) is 2.84. The molecule has 1 amide bonds. The van der Waals surface area contributed by atoms with Crippen molar-refractivity contribution >= 4 is 45.1 Å². The summed E-state index contributed by atoms with van der Waals surface area (Å²) in [6.45, 7) is 0. The van der Waals surface area contributed by atoms with Crippen LogP contribution in [0.25, 0.3) is 0 Å². The summed E-state index contributed by atoms with van der Waals surface area (Å²) in [7, 11) is 0. The molecular formula is C12H7BrClNO4. The summed E-state index contributed by atoms with van der Waals surface area (Å²) < 4.78 is 5.51. The van der Waals surface area contributed by atoms with Crippen LogP contribution in [0.15, 0.2) is 39.4 Å². The zero-order valence-corrected chi connectivity index (χ0v) is 11.7. The summed E-state index contributed by atoms with van der Waals surface area (Å²) in [4.78, 5) is 22.7. The van der Waals surface area contributed by atoms with E-state index in [1.165, 1.54) is 24.3 Å². The van der Waals surface area contributed by atoms with E-state index in [-0.39, 0.29) is 22.0 Å². The van der Waals surface area contributed by atoms with E-state index in [9.17, 15) is 9.59 Å². The highest BCUT2D eigenvalue weighted by Crippen LogP contribution is 2.21. The number of hydrogen-bond acceptors (Lipinski definition) is 3. The van der Waals surface area contributed by atoms with Crippen LogP contribution >= 0.6 is 27.5 Å². The van der Waals surface area contributed by atoms with E-state index in [1.807, 2.05) is 0 Å². The number of carbonyl (C=O) groups excluding carboxylic acids is 1. The predicted molar refractivity (Wildman–Crippen MR) is 72.8 cm³/mol. The smallest absolute Gasteiger partial charge is 0.335 e. The Morgan fingerprint density at radius 1 is 1.26 bits per heavy atom. The lowest BCUT2D eigenvalue weighted by Crippen LogP contribution is -2.11. The molecule has 0 unspecified atom stereocenters. The second kappa shape index (κ2) is 5.46. The van der Waals surface area contributed by atoms with Gasteiger partial charge in [-0.25, -0.2) is 4.79 Å². The quantitative estimate of drug-likeness (QED) is 0.891. The zero-order chi connectivity index (χ0) is 14.0. The summed E-state index contributed by atoms with van der Waals surface area (Å²) in [5.41, 5.74) is 0.269. The number of aromatic carboxylic acids is 1. The topological polar surface area (TPSA) is 79.5 Å². The molecule has 19 heavy (non-hydrogen) atoms. The number of carboxylic acid groups (broad SMARTS) is 1. The summed E-state index contributed by atoms with van der Waals surface area (Å²) in [6, 6.07) is 7.12. The number of hydrogen-bond donors (Lipinski definition) is 2. The highest BCUT2D eigenvalue weighted by molar-refractivity contribution is 9.10. The second-order valence-corrected chi connectivity index (χ2v) is 4.81. The van der Waals surface area contributed by atoms with E-state index in [4.69, 9.17) is 21.1 Å². The molecule has 2 N–H and O–H groups in total. The third kappa shape index (κ3) is 3.36. The lowest BCUT2D eigenvalue weighted by atomic mass is 10.2. The minimum Gasteiger partial charge on any atom is -0.478 e. The Labute approximate surface area is 121 Å². The van der Waals surface area contributed by atoms with Gasteiger partial charge in [0.05, 0.1) is 5.56 Å². The SMILES string of the molecule is O=C(O)c1cc(Cl)cc(NC(=O)c2ccc(Br)o2)c1. The molecule has 0 radical (unpaired) electrons. The lowest BCUT2D eigenvalue weighted by molar-refractivity contribution is 0.0696. The molecule has 1 aromatic heterocycles. The van der Waals surface area contributed by atoms with Crippen LogP contribution in [0.5, 0.6) is 0 Å². The number of carbonyl (C=O) groups is 2. The fourth-order valence-corrected chi connectivity index (χ4v) is 1.96. The number of carboxylic acids is 1. The summed E-state index contributed by atoms with van der Waals surface area (Å²) in [5.74, 6) is -1.52. The van der Waals surface area contributed by atoms with Crippen molar-refractivity contribution in [2.45, 2.75) is 0 Å². The van der Waals surface area contributed by atoms with Gasteiger partial charge >= 0.3 is 5.97 Å². The molecule has 0 saturated heterocycles. The highest BCUT2D eigenvalue weighted by atomic mass is 79.9. The van der Waals surface area contributed by atoms with E-state index in [2.05, 4.69) is 21.2 Å². The molecule has 2 aromatic rings. The Balaban J connectivity index is 2.23. The van der Waals surface area contributed by atoms with Crippen molar-refractivity contribution in [2.24, 2.45) is 0 Å². The lowest BCUT2D eigenvalue weighted by Gasteiger charge is -2.05. The van der Waals surface area contributed by atoms with Gasteiger partial charge in [0.2, 0.25) is 0 Å². The molecule has 1 heterocycles. The van der Waals surface area contributed by atoms with Gasteiger partial charge in [0.15, 0.2) is 10.4 Å². The first-order valence-electron chi connectivity index (χ1n) is 5.06. The fraction of sp³-hybridized carbons (Fsp3) is 0. The number of nitrogens with one attached hydrogen (secondary N) is 1. The Kier molecular flexibility index (Phi) is 3.92. The summed E-state index contributed by atoms with van der Waals surface area (Å²) >= 11 is 8.86. The van der Waals surface area contributed by atoms with Crippen LogP contribution in [0.4, 0.5) is 5.69 Å². The molecule has 0 spiro atoms. The molecule has 0 aliphatic carbocycles. The van der Waals surface area contributed by atoms with Crippen molar-refractivity contribution < 1.29 is 19.1 Å². The van der Waals surface area contributed by atoms with Crippen LogP contribution in [0.3, 0.4) is 0 Å². The maximum absolute atomic E-state index is 11.8. The van der Waals surface area contributed by atoms with Gasteiger partial charge in [-0.3, -0.25) is 4.79 Å². The van der Waals surface area contributed by atoms with Gasteiger partial charge < -0.3 is 14.8 Å². The Morgan fingerprint density at radius 3 is 2.58 bits per heavy atom. The average Bonchev–Trinajstić information content (AvgIpc) is 2.75. The largest absolute Gasteiger partial charge is 0.478 e. The van der Waals surface area contributed by atoms with Crippen LogP contribution in [0, 0.1) is 0 Å². The maximum atomic E-state index is 11.8.